The van der Waals surface area contributed by atoms with Crippen LogP contribution in [0, 0.1) is 15.9 Å². The molecule has 1 aromatic heterocycles. The van der Waals surface area contributed by atoms with Gasteiger partial charge in [-0.2, -0.15) is 0 Å². The highest BCUT2D eigenvalue weighted by molar-refractivity contribution is 6.31. The van der Waals surface area contributed by atoms with E-state index in [1.54, 1.807) is 0 Å². The third-order valence-electron chi connectivity index (χ3n) is 4.36. The van der Waals surface area contributed by atoms with E-state index in [2.05, 4.69) is 9.97 Å². The minimum Gasteiger partial charge on any atom is -0.481 e. The summed E-state index contributed by atoms with van der Waals surface area (Å²) in [6.45, 7) is 0.900. The third kappa shape index (κ3) is 3.41. The summed E-state index contributed by atoms with van der Waals surface area (Å²) < 4.78 is 24.4. The van der Waals surface area contributed by atoms with Crippen molar-refractivity contribution in [1.82, 2.24) is 9.97 Å². The standard InChI is InChI=1S/C18H14ClFN4O4/c19-12-5-9(1-2-13(12)20)18-22-14-7-16(28-10-3-4-27-8-10)15(24(25)26)6-11(14)17(21)23-18/h1-2,5-7,10H,3-4,8H2,(H2,21,22,23). The molecule has 0 spiro atoms. The van der Waals surface area contributed by atoms with Crippen LogP contribution in [0.3, 0.4) is 0 Å². The molecule has 1 aliphatic rings. The molecule has 144 valence electrons. The van der Waals surface area contributed by atoms with Crippen LogP contribution in [-0.4, -0.2) is 34.2 Å². The van der Waals surface area contributed by atoms with Crippen molar-refractivity contribution in [2.45, 2.75) is 12.5 Å². The van der Waals surface area contributed by atoms with Gasteiger partial charge < -0.3 is 15.2 Å². The van der Waals surface area contributed by atoms with Gasteiger partial charge in [-0.05, 0) is 18.2 Å². The first kappa shape index (κ1) is 18.3. The Labute approximate surface area is 163 Å². The van der Waals surface area contributed by atoms with Crippen molar-refractivity contribution >= 4 is 34.0 Å². The summed E-state index contributed by atoms with van der Waals surface area (Å²) in [6, 6.07) is 6.80. The van der Waals surface area contributed by atoms with Gasteiger partial charge in [-0.3, -0.25) is 10.1 Å². The Morgan fingerprint density at radius 1 is 1.32 bits per heavy atom. The van der Waals surface area contributed by atoms with Gasteiger partial charge in [0.2, 0.25) is 0 Å². The topological polar surface area (TPSA) is 113 Å². The summed E-state index contributed by atoms with van der Waals surface area (Å²) in [7, 11) is 0. The molecule has 2 heterocycles. The number of nitro benzene ring substituents is 1. The largest absolute Gasteiger partial charge is 0.481 e. The van der Waals surface area contributed by atoms with Crippen LogP contribution in [0.4, 0.5) is 15.9 Å². The van der Waals surface area contributed by atoms with E-state index < -0.39 is 10.7 Å². The fourth-order valence-corrected chi connectivity index (χ4v) is 3.14. The van der Waals surface area contributed by atoms with E-state index in [-0.39, 0.29) is 34.2 Å². The summed E-state index contributed by atoms with van der Waals surface area (Å²) >= 11 is 5.83. The van der Waals surface area contributed by atoms with Crippen LogP contribution in [0.2, 0.25) is 5.02 Å². The van der Waals surface area contributed by atoms with E-state index in [1.807, 2.05) is 0 Å². The second-order valence-electron chi connectivity index (χ2n) is 6.26. The van der Waals surface area contributed by atoms with Crippen LogP contribution >= 0.6 is 11.6 Å². The second kappa shape index (κ2) is 7.17. The number of hydrogen-bond acceptors (Lipinski definition) is 7. The van der Waals surface area contributed by atoms with E-state index in [9.17, 15) is 14.5 Å². The van der Waals surface area contributed by atoms with Gasteiger partial charge in [-0.15, -0.1) is 0 Å². The fourth-order valence-electron chi connectivity index (χ4n) is 2.96. The van der Waals surface area contributed by atoms with E-state index in [1.165, 1.54) is 30.3 Å². The Balaban J connectivity index is 1.84. The molecule has 0 saturated carbocycles. The number of benzene rings is 2. The molecule has 0 bridgehead atoms. The Hall–Kier alpha value is -3.04. The Kier molecular flexibility index (Phi) is 4.70. The minimum absolute atomic E-state index is 0.0549. The molecule has 1 fully saturated rings. The Morgan fingerprint density at radius 3 is 2.82 bits per heavy atom. The van der Waals surface area contributed by atoms with Gasteiger partial charge in [0.05, 0.1) is 28.7 Å². The van der Waals surface area contributed by atoms with Crippen molar-refractivity contribution in [3.63, 3.8) is 0 Å². The van der Waals surface area contributed by atoms with Crippen molar-refractivity contribution in [3.8, 4) is 17.1 Å². The smallest absolute Gasteiger partial charge is 0.311 e. The average Bonchev–Trinajstić information content (AvgIpc) is 3.16. The molecule has 2 aromatic carbocycles. The molecular formula is C18H14ClFN4O4. The van der Waals surface area contributed by atoms with Crippen LogP contribution < -0.4 is 10.5 Å². The SMILES string of the molecule is Nc1nc(-c2ccc(F)c(Cl)c2)nc2cc(OC3CCOC3)c([N+](=O)[O-])cc12. The van der Waals surface area contributed by atoms with Gasteiger partial charge in [0.25, 0.3) is 0 Å². The molecule has 1 aliphatic heterocycles. The number of fused-ring (bicyclic) bond motifs is 1. The Bertz CT molecular complexity index is 1090. The molecule has 10 heteroatoms. The summed E-state index contributed by atoms with van der Waals surface area (Å²) in [5.74, 6) is -0.214. The molecule has 0 amide bonds. The van der Waals surface area contributed by atoms with Crippen LogP contribution in [-0.2, 0) is 4.74 Å². The van der Waals surface area contributed by atoms with E-state index >= 15 is 0 Å². The number of nitrogens with two attached hydrogens (primary N) is 1. The number of nitrogen functional groups attached to an aromatic ring is 1. The van der Waals surface area contributed by atoms with Gasteiger partial charge >= 0.3 is 5.69 Å². The third-order valence-corrected chi connectivity index (χ3v) is 4.65. The predicted molar refractivity (Wildman–Crippen MR) is 101 cm³/mol. The van der Waals surface area contributed by atoms with Crippen molar-refractivity contribution in [2.75, 3.05) is 18.9 Å². The molecule has 28 heavy (non-hydrogen) atoms. The molecule has 1 unspecified atom stereocenters. The summed E-state index contributed by atoms with van der Waals surface area (Å²) in [5, 5.41) is 11.7. The number of anilines is 1. The van der Waals surface area contributed by atoms with Gasteiger partial charge in [0, 0.05) is 29.5 Å². The molecule has 1 saturated heterocycles. The summed E-state index contributed by atoms with van der Waals surface area (Å²) in [6.07, 6.45) is 0.367. The van der Waals surface area contributed by atoms with Gasteiger partial charge in [0.15, 0.2) is 11.6 Å². The maximum Gasteiger partial charge on any atom is 0.311 e. The molecule has 0 radical (unpaired) electrons. The van der Waals surface area contributed by atoms with E-state index in [0.29, 0.717) is 36.1 Å². The minimum atomic E-state index is -0.565. The number of aromatic nitrogens is 2. The zero-order valence-corrected chi connectivity index (χ0v) is 15.1. The number of rotatable bonds is 4. The van der Waals surface area contributed by atoms with Crippen molar-refractivity contribution in [2.24, 2.45) is 0 Å². The summed E-state index contributed by atoms with van der Waals surface area (Å²) in [5.41, 5.74) is 6.60. The van der Waals surface area contributed by atoms with Crippen LogP contribution in [0.1, 0.15) is 6.42 Å². The highest BCUT2D eigenvalue weighted by Gasteiger charge is 2.24. The molecular weight excluding hydrogens is 391 g/mol. The maximum atomic E-state index is 13.4. The first-order chi connectivity index (χ1) is 13.4. The maximum absolute atomic E-state index is 13.4. The highest BCUT2D eigenvalue weighted by Crippen LogP contribution is 2.36. The normalized spacial score (nSPS) is 16.4. The number of nitrogens with zero attached hydrogens (tertiary/aromatic N) is 3. The van der Waals surface area contributed by atoms with E-state index in [4.69, 9.17) is 26.8 Å². The van der Waals surface area contributed by atoms with Crippen molar-refractivity contribution in [3.05, 3.63) is 51.3 Å². The zero-order valence-electron chi connectivity index (χ0n) is 14.4. The summed E-state index contributed by atoms with van der Waals surface area (Å²) in [4.78, 5) is 19.5. The van der Waals surface area contributed by atoms with Crippen LogP contribution in [0.5, 0.6) is 5.75 Å². The van der Waals surface area contributed by atoms with Crippen LogP contribution in [0.25, 0.3) is 22.3 Å². The molecule has 8 nitrogen and oxygen atoms in total. The molecule has 0 aliphatic carbocycles. The quantitative estimate of drug-likeness (QED) is 0.520. The number of halogens is 2. The first-order valence-corrected chi connectivity index (χ1v) is 8.75. The second-order valence-corrected chi connectivity index (χ2v) is 6.67. The van der Waals surface area contributed by atoms with Crippen molar-refractivity contribution < 1.29 is 18.8 Å². The van der Waals surface area contributed by atoms with Gasteiger partial charge in [-0.25, -0.2) is 14.4 Å². The van der Waals surface area contributed by atoms with Gasteiger partial charge in [0.1, 0.15) is 17.7 Å². The average molecular weight is 405 g/mol. The molecule has 3 aromatic rings. The molecule has 2 N–H and O–H groups in total. The Morgan fingerprint density at radius 2 is 2.14 bits per heavy atom. The number of ether oxygens (including phenoxy) is 2. The lowest BCUT2D eigenvalue weighted by molar-refractivity contribution is -0.385. The van der Waals surface area contributed by atoms with Gasteiger partial charge in [-0.1, -0.05) is 11.6 Å². The predicted octanol–water partition coefficient (Wildman–Crippen LogP) is 3.75. The first-order valence-electron chi connectivity index (χ1n) is 8.38. The number of hydrogen-bond donors (Lipinski definition) is 1. The van der Waals surface area contributed by atoms with Crippen molar-refractivity contribution in [1.29, 1.82) is 0 Å². The fraction of sp³-hybridized carbons (Fsp3) is 0.222. The van der Waals surface area contributed by atoms with Crippen LogP contribution in [0.15, 0.2) is 30.3 Å². The monoisotopic (exact) mass is 404 g/mol. The highest BCUT2D eigenvalue weighted by atomic mass is 35.5. The lowest BCUT2D eigenvalue weighted by Crippen LogP contribution is -2.16. The lowest BCUT2D eigenvalue weighted by atomic mass is 10.1. The molecule has 1 atom stereocenters. The number of nitro groups is 1. The lowest BCUT2D eigenvalue weighted by Gasteiger charge is -2.13. The molecule has 4 rings (SSSR count). The zero-order chi connectivity index (χ0) is 19.8. The van der Waals surface area contributed by atoms with E-state index in [0.717, 1.165) is 0 Å².